The van der Waals surface area contributed by atoms with Crippen LogP contribution in [0, 0.1) is 11.6 Å². The highest BCUT2D eigenvalue weighted by atomic mass is 19.3. The van der Waals surface area contributed by atoms with Crippen LogP contribution in [0.3, 0.4) is 0 Å². The Morgan fingerprint density at radius 2 is 1.76 bits per heavy atom. The molecule has 0 radical (unpaired) electrons. The summed E-state index contributed by atoms with van der Waals surface area (Å²) in [5.74, 6) is -2.08. The number of aromatic amines is 1. The average Bonchev–Trinajstić information content (AvgIpc) is 2.54. The molecule has 0 saturated heterocycles. The summed E-state index contributed by atoms with van der Waals surface area (Å²) in [6.45, 7) is -3.18. The first-order valence-electron chi connectivity index (χ1n) is 7.01. The summed E-state index contributed by atoms with van der Waals surface area (Å²) < 4.78 is 56.2. The van der Waals surface area contributed by atoms with E-state index in [4.69, 9.17) is 0 Å². The molecule has 0 saturated carbocycles. The first-order valence-corrected chi connectivity index (χ1v) is 7.01. The van der Waals surface area contributed by atoms with Crippen LogP contribution in [-0.2, 0) is 6.54 Å². The summed E-state index contributed by atoms with van der Waals surface area (Å²) in [6, 6.07) is 6.67. The minimum Gasteiger partial charge on any atom is -0.435 e. The fraction of sp³-hybridized carbons (Fsp3) is 0.125. The zero-order chi connectivity index (χ0) is 18.1. The Balaban J connectivity index is 2.02. The lowest BCUT2D eigenvalue weighted by Gasteiger charge is -2.08. The fourth-order valence-corrected chi connectivity index (χ4v) is 2.38. The van der Waals surface area contributed by atoms with Crippen molar-refractivity contribution in [3.63, 3.8) is 0 Å². The second-order valence-corrected chi connectivity index (χ2v) is 5.15. The number of halogens is 4. The van der Waals surface area contributed by atoms with Gasteiger partial charge in [-0.05, 0) is 23.8 Å². The molecule has 0 fully saturated rings. The number of fused-ring (bicyclic) bond motifs is 1. The zero-order valence-electron chi connectivity index (χ0n) is 12.4. The Labute approximate surface area is 137 Å². The van der Waals surface area contributed by atoms with E-state index in [1.807, 2.05) is 0 Å². The molecule has 0 unspecified atom stereocenters. The van der Waals surface area contributed by atoms with Crippen LogP contribution < -0.4 is 16.0 Å². The number of hydrogen-bond donors (Lipinski definition) is 1. The van der Waals surface area contributed by atoms with Gasteiger partial charge < -0.3 is 9.72 Å². The maximum atomic E-state index is 13.7. The highest BCUT2D eigenvalue weighted by molar-refractivity contribution is 5.77. The summed E-state index contributed by atoms with van der Waals surface area (Å²) in [4.78, 5) is 26.6. The third-order valence-corrected chi connectivity index (χ3v) is 3.50. The van der Waals surface area contributed by atoms with Gasteiger partial charge in [0.1, 0.15) is 11.6 Å². The average molecular weight is 354 g/mol. The number of aromatic nitrogens is 2. The molecule has 0 atom stereocenters. The van der Waals surface area contributed by atoms with Gasteiger partial charge in [-0.15, -0.1) is 0 Å². The van der Waals surface area contributed by atoms with Crippen LogP contribution in [-0.4, -0.2) is 16.2 Å². The first-order chi connectivity index (χ1) is 11.8. The van der Waals surface area contributed by atoms with E-state index in [9.17, 15) is 27.2 Å². The van der Waals surface area contributed by atoms with Gasteiger partial charge in [-0.1, -0.05) is 12.1 Å². The Kier molecular flexibility index (Phi) is 4.30. The van der Waals surface area contributed by atoms with Crippen LogP contribution in [0.1, 0.15) is 5.56 Å². The third-order valence-electron chi connectivity index (χ3n) is 3.50. The fourth-order valence-electron chi connectivity index (χ4n) is 2.38. The molecule has 1 N–H and O–H groups in total. The molecule has 0 spiro atoms. The molecular formula is C16H10F4N2O3. The lowest BCUT2D eigenvalue weighted by Crippen LogP contribution is -2.35. The molecule has 25 heavy (non-hydrogen) atoms. The van der Waals surface area contributed by atoms with E-state index in [0.717, 1.165) is 10.6 Å². The Morgan fingerprint density at radius 1 is 1.08 bits per heavy atom. The third kappa shape index (κ3) is 3.39. The highest BCUT2D eigenvalue weighted by Crippen LogP contribution is 2.16. The van der Waals surface area contributed by atoms with Gasteiger partial charge >= 0.3 is 12.3 Å². The maximum absolute atomic E-state index is 13.7. The minimum absolute atomic E-state index is 0.0809. The van der Waals surface area contributed by atoms with Crippen LogP contribution in [0.25, 0.3) is 10.9 Å². The lowest BCUT2D eigenvalue weighted by molar-refractivity contribution is -0.0498. The van der Waals surface area contributed by atoms with Gasteiger partial charge in [0.2, 0.25) is 0 Å². The molecule has 3 aromatic rings. The smallest absolute Gasteiger partial charge is 0.387 e. The van der Waals surface area contributed by atoms with Crippen molar-refractivity contribution in [3.05, 3.63) is 74.4 Å². The van der Waals surface area contributed by atoms with Gasteiger partial charge in [-0.2, -0.15) is 8.78 Å². The summed E-state index contributed by atoms with van der Waals surface area (Å²) in [5, 5.41) is -0.310. The molecule has 2 aromatic carbocycles. The maximum Gasteiger partial charge on any atom is 0.387 e. The summed E-state index contributed by atoms with van der Waals surface area (Å²) >= 11 is 0. The quantitative estimate of drug-likeness (QED) is 0.733. The molecule has 0 aliphatic carbocycles. The second kappa shape index (κ2) is 6.42. The topological polar surface area (TPSA) is 64.1 Å². The monoisotopic (exact) mass is 354 g/mol. The molecular weight excluding hydrogens is 344 g/mol. The van der Waals surface area contributed by atoms with Crippen molar-refractivity contribution >= 4 is 10.9 Å². The van der Waals surface area contributed by atoms with Gasteiger partial charge in [-0.25, -0.2) is 13.6 Å². The van der Waals surface area contributed by atoms with Crippen LogP contribution in [0.15, 0.2) is 46.0 Å². The van der Waals surface area contributed by atoms with Crippen LogP contribution in [0.2, 0.25) is 0 Å². The Bertz CT molecular complexity index is 1040. The zero-order valence-corrected chi connectivity index (χ0v) is 12.4. The molecule has 1 aromatic heterocycles. The number of H-pyrrole nitrogens is 1. The van der Waals surface area contributed by atoms with E-state index in [1.54, 1.807) is 0 Å². The second-order valence-electron chi connectivity index (χ2n) is 5.15. The predicted molar refractivity (Wildman–Crippen MR) is 80.9 cm³/mol. The number of rotatable bonds is 4. The van der Waals surface area contributed by atoms with Gasteiger partial charge in [-0.3, -0.25) is 9.36 Å². The van der Waals surface area contributed by atoms with Gasteiger partial charge in [0.05, 0.1) is 17.4 Å². The molecule has 9 heteroatoms. The normalized spacial score (nSPS) is 11.2. The molecule has 0 bridgehead atoms. The van der Waals surface area contributed by atoms with Crippen molar-refractivity contribution in [3.8, 4) is 5.75 Å². The van der Waals surface area contributed by atoms with E-state index in [2.05, 4.69) is 9.72 Å². The minimum atomic E-state index is -2.97. The van der Waals surface area contributed by atoms with E-state index in [-0.39, 0.29) is 23.2 Å². The van der Waals surface area contributed by atoms with E-state index in [0.29, 0.717) is 11.6 Å². The standard InChI is InChI=1S/C16H10F4N2O3/c17-9-5-11-13(12(18)6-9)21-16(24)22(14(11)23)7-8-1-3-10(4-2-8)25-15(19)20/h1-6,15H,7H2,(H,21,24). The molecule has 130 valence electrons. The highest BCUT2D eigenvalue weighted by Gasteiger charge is 2.13. The van der Waals surface area contributed by atoms with Crippen molar-refractivity contribution in [2.45, 2.75) is 13.2 Å². The largest absolute Gasteiger partial charge is 0.435 e. The molecule has 3 rings (SSSR count). The van der Waals surface area contributed by atoms with Gasteiger partial charge in [0.15, 0.2) is 5.82 Å². The van der Waals surface area contributed by atoms with Crippen LogP contribution in [0.4, 0.5) is 17.6 Å². The first kappa shape index (κ1) is 16.7. The number of hydrogen-bond acceptors (Lipinski definition) is 3. The van der Waals surface area contributed by atoms with Crippen molar-refractivity contribution in [2.24, 2.45) is 0 Å². The van der Waals surface area contributed by atoms with Crippen molar-refractivity contribution in [1.29, 1.82) is 0 Å². The van der Waals surface area contributed by atoms with Crippen molar-refractivity contribution in [2.75, 3.05) is 0 Å². The van der Waals surface area contributed by atoms with Crippen molar-refractivity contribution in [1.82, 2.24) is 9.55 Å². The Hall–Kier alpha value is -3.10. The Morgan fingerprint density at radius 3 is 2.40 bits per heavy atom. The van der Waals surface area contributed by atoms with Crippen molar-refractivity contribution < 1.29 is 22.3 Å². The van der Waals surface area contributed by atoms with Gasteiger partial charge in [0, 0.05) is 6.07 Å². The summed E-state index contributed by atoms with van der Waals surface area (Å²) in [5.41, 5.74) is -1.69. The molecule has 0 aliphatic rings. The SMILES string of the molecule is O=c1[nH]c2c(F)cc(F)cc2c(=O)n1Cc1ccc(OC(F)F)cc1. The van der Waals surface area contributed by atoms with Gasteiger partial charge in [0.25, 0.3) is 5.56 Å². The molecule has 0 aliphatic heterocycles. The number of ether oxygens (including phenoxy) is 1. The number of benzene rings is 2. The predicted octanol–water partition coefficient (Wildman–Crippen LogP) is 2.62. The number of alkyl halides is 2. The summed E-state index contributed by atoms with van der Waals surface area (Å²) in [6.07, 6.45) is 0. The molecule has 0 amide bonds. The van der Waals surface area contributed by atoms with E-state index < -0.39 is 29.5 Å². The molecule has 1 heterocycles. The van der Waals surface area contributed by atoms with Crippen LogP contribution >= 0.6 is 0 Å². The van der Waals surface area contributed by atoms with E-state index >= 15 is 0 Å². The summed E-state index contributed by atoms with van der Waals surface area (Å²) in [7, 11) is 0. The van der Waals surface area contributed by atoms with E-state index in [1.165, 1.54) is 24.3 Å². The number of nitrogens with zero attached hydrogens (tertiary/aromatic N) is 1. The number of nitrogens with one attached hydrogen (secondary N) is 1. The van der Waals surface area contributed by atoms with Crippen LogP contribution in [0.5, 0.6) is 5.75 Å². The lowest BCUT2D eigenvalue weighted by atomic mass is 10.2. The molecule has 5 nitrogen and oxygen atoms in total.